The van der Waals surface area contributed by atoms with Gasteiger partial charge in [-0.2, -0.15) is 0 Å². The van der Waals surface area contributed by atoms with Crippen LogP contribution >= 0.6 is 35.3 Å². The molecule has 0 unspecified atom stereocenters. The Balaban J connectivity index is 0.00000220. The molecule has 0 saturated heterocycles. The van der Waals surface area contributed by atoms with Crippen LogP contribution in [0.5, 0.6) is 0 Å². The predicted molar refractivity (Wildman–Crippen MR) is 102 cm³/mol. The zero-order valence-electron chi connectivity index (χ0n) is 13.4. The van der Waals surface area contributed by atoms with Crippen molar-refractivity contribution >= 4 is 41.3 Å². The lowest BCUT2D eigenvalue weighted by Gasteiger charge is -2.28. The summed E-state index contributed by atoms with van der Waals surface area (Å²) in [5, 5.41) is 8.03. The molecule has 2 N–H and O–H groups in total. The normalized spacial score (nSPS) is 22.6. The van der Waals surface area contributed by atoms with Crippen LogP contribution in [0, 0.1) is 19.8 Å². The second kappa shape index (κ2) is 8.92. The Labute approximate surface area is 149 Å². The molecular weight excluding hydrogens is 395 g/mol. The highest BCUT2D eigenvalue weighted by Crippen LogP contribution is 2.23. The molecule has 1 aromatic heterocycles. The first-order chi connectivity index (χ1) is 9.58. The zero-order chi connectivity index (χ0) is 14.5. The molecule has 120 valence electrons. The highest BCUT2D eigenvalue weighted by molar-refractivity contribution is 14.0. The minimum atomic E-state index is 0. The number of aliphatic imine (C=N–C) groups is 1. The fourth-order valence-corrected chi connectivity index (χ4v) is 3.44. The molecule has 1 saturated carbocycles. The van der Waals surface area contributed by atoms with Gasteiger partial charge < -0.3 is 10.6 Å². The Morgan fingerprint density at radius 3 is 2.48 bits per heavy atom. The van der Waals surface area contributed by atoms with Crippen LogP contribution in [0.4, 0.5) is 0 Å². The van der Waals surface area contributed by atoms with Gasteiger partial charge in [-0.3, -0.25) is 4.99 Å². The van der Waals surface area contributed by atoms with Crippen molar-refractivity contribution in [3.8, 4) is 0 Å². The SMILES string of the molecule is CN=C(NCc1nc(C)c(C)s1)NC1CCC(C)CC1.I. The lowest BCUT2D eigenvalue weighted by atomic mass is 9.87. The topological polar surface area (TPSA) is 49.3 Å². The van der Waals surface area contributed by atoms with Crippen LogP contribution in [-0.4, -0.2) is 24.0 Å². The van der Waals surface area contributed by atoms with Gasteiger partial charge in [0.15, 0.2) is 5.96 Å². The molecule has 21 heavy (non-hydrogen) atoms. The van der Waals surface area contributed by atoms with Gasteiger partial charge in [-0.05, 0) is 45.4 Å². The summed E-state index contributed by atoms with van der Waals surface area (Å²) in [6.45, 7) is 7.27. The van der Waals surface area contributed by atoms with Gasteiger partial charge in [-0.25, -0.2) is 4.98 Å². The minimum absolute atomic E-state index is 0. The predicted octanol–water partition coefficient (Wildman–Crippen LogP) is 3.62. The molecule has 0 spiro atoms. The number of nitrogens with zero attached hydrogens (tertiary/aromatic N) is 2. The first-order valence-electron chi connectivity index (χ1n) is 7.48. The summed E-state index contributed by atoms with van der Waals surface area (Å²) >= 11 is 1.76. The maximum atomic E-state index is 4.55. The van der Waals surface area contributed by atoms with E-state index in [4.69, 9.17) is 0 Å². The standard InChI is InChI=1S/C15H26N4S.HI/c1-10-5-7-13(8-6-10)19-15(16-4)17-9-14-18-11(2)12(3)20-14;/h10,13H,5-9H2,1-4H3,(H2,16,17,19);1H. The third-order valence-corrected chi connectivity index (χ3v) is 5.13. The average molecular weight is 422 g/mol. The molecule has 0 atom stereocenters. The monoisotopic (exact) mass is 422 g/mol. The van der Waals surface area contributed by atoms with Crippen LogP contribution in [0.15, 0.2) is 4.99 Å². The van der Waals surface area contributed by atoms with Crippen LogP contribution in [0.1, 0.15) is 48.2 Å². The summed E-state index contributed by atoms with van der Waals surface area (Å²) < 4.78 is 0. The quantitative estimate of drug-likeness (QED) is 0.445. The summed E-state index contributed by atoms with van der Waals surface area (Å²) in [7, 11) is 1.83. The second-order valence-electron chi connectivity index (χ2n) is 5.78. The Bertz CT molecular complexity index is 445. The van der Waals surface area contributed by atoms with Gasteiger partial charge >= 0.3 is 0 Å². The minimum Gasteiger partial charge on any atom is -0.354 e. The number of thiazole rings is 1. The van der Waals surface area contributed by atoms with Crippen molar-refractivity contribution in [1.29, 1.82) is 0 Å². The second-order valence-corrected chi connectivity index (χ2v) is 7.06. The number of hydrogen-bond donors (Lipinski definition) is 2. The lowest BCUT2D eigenvalue weighted by Crippen LogP contribution is -2.44. The molecule has 1 heterocycles. The van der Waals surface area contributed by atoms with Gasteiger partial charge in [0, 0.05) is 18.0 Å². The maximum Gasteiger partial charge on any atom is 0.191 e. The van der Waals surface area contributed by atoms with E-state index in [0.29, 0.717) is 6.04 Å². The fraction of sp³-hybridized carbons (Fsp3) is 0.733. The van der Waals surface area contributed by atoms with Crippen molar-refractivity contribution < 1.29 is 0 Å². The van der Waals surface area contributed by atoms with Crippen molar-refractivity contribution in [2.45, 2.75) is 59.0 Å². The van der Waals surface area contributed by atoms with Crippen LogP contribution in [0.3, 0.4) is 0 Å². The van der Waals surface area contributed by atoms with Crippen molar-refractivity contribution in [3.05, 3.63) is 15.6 Å². The summed E-state index contributed by atoms with van der Waals surface area (Å²) in [6, 6.07) is 0.567. The number of aryl methyl sites for hydroxylation is 2. The van der Waals surface area contributed by atoms with E-state index in [9.17, 15) is 0 Å². The van der Waals surface area contributed by atoms with Crippen LogP contribution in [0.25, 0.3) is 0 Å². The Kier molecular flexibility index (Phi) is 7.94. The van der Waals surface area contributed by atoms with Crippen LogP contribution in [-0.2, 0) is 6.54 Å². The van der Waals surface area contributed by atoms with E-state index in [-0.39, 0.29) is 24.0 Å². The molecule has 1 aliphatic rings. The molecule has 4 nitrogen and oxygen atoms in total. The highest BCUT2D eigenvalue weighted by Gasteiger charge is 2.18. The van der Waals surface area contributed by atoms with Gasteiger partial charge in [0.2, 0.25) is 0 Å². The van der Waals surface area contributed by atoms with Crippen LogP contribution in [0.2, 0.25) is 0 Å². The summed E-state index contributed by atoms with van der Waals surface area (Å²) in [5.41, 5.74) is 1.14. The molecule has 6 heteroatoms. The van der Waals surface area contributed by atoms with E-state index in [2.05, 4.69) is 41.4 Å². The first-order valence-corrected chi connectivity index (χ1v) is 8.30. The first kappa shape index (κ1) is 18.7. The number of nitrogens with one attached hydrogen (secondary N) is 2. The van der Waals surface area contributed by atoms with E-state index in [0.717, 1.165) is 29.1 Å². The average Bonchev–Trinajstić information content (AvgIpc) is 2.76. The lowest BCUT2D eigenvalue weighted by molar-refractivity contribution is 0.329. The summed E-state index contributed by atoms with van der Waals surface area (Å²) in [6.07, 6.45) is 5.13. The van der Waals surface area contributed by atoms with Gasteiger partial charge in [-0.15, -0.1) is 35.3 Å². The number of halogens is 1. The molecule has 0 aromatic carbocycles. The number of guanidine groups is 1. The Hall–Kier alpha value is -0.370. The highest BCUT2D eigenvalue weighted by atomic mass is 127. The largest absolute Gasteiger partial charge is 0.354 e. The van der Waals surface area contributed by atoms with E-state index in [1.54, 1.807) is 11.3 Å². The smallest absolute Gasteiger partial charge is 0.191 e. The zero-order valence-corrected chi connectivity index (χ0v) is 16.5. The Morgan fingerprint density at radius 1 is 1.29 bits per heavy atom. The van der Waals surface area contributed by atoms with Crippen LogP contribution < -0.4 is 10.6 Å². The molecule has 0 amide bonds. The van der Waals surface area contributed by atoms with Crippen molar-refractivity contribution in [3.63, 3.8) is 0 Å². The van der Waals surface area contributed by atoms with E-state index >= 15 is 0 Å². The Morgan fingerprint density at radius 2 is 1.95 bits per heavy atom. The van der Waals surface area contributed by atoms with Gasteiger partial charge in [0.25, 0.3) is 0 Å². The molecule has 1 aliphatic carbocycles. The summed E-state index contributed by atoms with van der Waals surface area (Å²) in [4.78, 5) is 10.2. The van der Waals surface area contributed by atoms with E-state index in [1.165, 1.54) is 30.6 Å². The van der Waals surface area contributed by atoms with Crippen molar-refractivity contribution in [1.82, 2.24) is 15.6 Å². The molecular formula is C15H27IN4S. The van der Waals surface area contributed by atoms with Gasteiger partial charge in [-0.1, -0.05) is 6.92 Å². The van der Waals surface area contributed by atoms with Crippen molar-refractivity contribution in [2.24, 2.45) is 10.9 Å². The number of hydrogen-bond acceptors (Lipinski definition) is 3. The fourth-order valence-electron chi connectivity index (χ4n) is 2.57. The molecule has 1 aromatic rings. The molecule has 0 aliphatic heterocycles. The van der Waals surface area contributed by atoms with E-state index in [1.807, 2.05) is 7.05 Å². The van der Waals surface area contributed by atoms with Gasteiger partial charge in [0.05, 0.1) is 12.2 Å². The molecule has 0 radical (unpaired) electrons. The third-order valence-electron chi connectivity index (χ3n) is 4.06. The number of rotatable bonds is 3. The molecule has 0 bridgehead atoms. The molecule has 1 fully saturated rings. The maximum absolute atomic E-state index is 4.55. The van der Waals surface area contributed by atoms with Gasteiger partial charge in [0.1, 0.15) is 5.01 Å². The third kappa shape index (κ3) is 5.73. The molecule has 2 rings (SSSR count). The van der Waals surface area contributed by atoms with Crippen molar-refractivity contribution in [2.75, 3.05) is 7.05 Å². The summed E-state index contributed by atoms with van der Waals surface area (Å²) in [5.74, 6) is 1.78. The van der Waals surface area contributed by atoms with E-state index < -0.39 is 0 Å². The number of aromatic nitrogens is 1.